The highest BCUT2D eigenvalue weighted by Gasteiger charge is 2.10. The molecule has 3 amide bonds. The van der Waals surface area contributed by atoms with Crippen LogP contribution in [-0.4, -0.2) is 240 Å². The molecule has 370 valence electrons. The van der Waals surface area contributed by atoms with Crippen LogP contribution in [0.4, 0.5) is 0 Å². The summed E-state index contributed by atoms with van der Waals surface area (Å²) in [6.45, 7) is 14.4. The second kappa shape index (κ2) is 53.4. The molecule has 0 spiro atoms. The quantitative estimate of drug-likeness (QED) is 0.0339. The van der Waals surface area contributed by atoms with Gasteiger partial charge in [-0.25, -0.2) is 0 Å². The van der Waals surface area contributed by atoms with E-state index in [1.165, 1.54) is 0 Å². The van der Waals surface area contributed by atoms with Crippen LogP contribution >= 0.6 is 12.4 Å². The Hall–Kier alpha value is -1.94. The molecule has 0 saturated carbocycles. The molecule has 0 heterocycles. The summed E-state index contributed by atoms with van der Waals surface area (Å²) in [5, 5.41) is 8.72. The number of amides is 3. The number of hydrogen-bond donors (Lipinski definition) is 6. The maximum absolute atomic E-state index is 12.4. The second-order valence-corrected chi connectivity index (χ2v) is 12.9. The molecule has 0 saturated heterocycles. The van der Waals surface area contributed by atoms with Gasteiger partial charge in [0.15, 0.2) is 0 Å². The lowest BCUT2D eigenvalue weighted by molar-refractivity contribution is -0.123. The predicted molar refractivity (Wildman–Crippen MR) is 234 cm³/mol. The van der Waals surface area contributed by atoms with Gasteiger partial charge in [0.1, 0.15) is 0 Å². The maximum atomic E-state index is 12.4. The molecular formula is C39H82ClN7O15. The third-order valence-electron chi connectivity index (χ3n) is 7.81. The number of nitrogens with zero attached hydrogens (tertiary/aromatic N) is 1. The first-order valence-electron chi connectivity index (χ1n) is 21.6. The van der Waals surface area contributed by atoms with Gasteiger partial charge in [-0.3, -0.25) is 19.3 Å². The fraction of sp³-hybridized carbons (Fsp3) is 0.923. The SMILES string of the molecule is Cl.NCCOCCOCCOCCOCCC(=O)NCCN(CCNC(=O)CCOCCOCCOCCOCCN)CCNC(=O)CCOCCOCCOCCOCCN. The number of nitrogens with two attached hydrogens (primary N) is 3. The largest absolute Gasteiger partial charge is 0.379 e. The summed E-state index contributed by atoms with van der Waals surface area (Å²) in [5.41, 5.74) is 16.1. The number of hydrogen-bond acceptors (Lipinski definition) is 19. The molecule has 0 bridgehead atoms. The zero-order chi connectivity index (χ0) is 44.4. The van der Waals surface area contributed by atoms with Crippen molar-refractivity contribution >= 4 is 30.1 Å². The summed E-state index contributed by atoms with van der Waals surface area (Å²) in [7, 11) is 0. The highest BCUT2D eigenvalue weighted by molar-refractivity contribution is 5.85. The number of ether oxygens (including phenoxy) is 12. The molecule has 9 N–H and O–H groups in total. The number of halogens is 1. The van der Waals surface area contributed by atoms with Gasteiger partial charge >= 0.3 is 0 Å². The Morgan fingerprint density at radius 2 is 0.484 bits per heavy atom. The molecule has 62 heavy (non-hydrogen) atoms. The minimum absolute atomic E-state index is 0. The molecule has 0 aliphatic heterocycles. The van der Waals surface area contributed by atoms with E-state index in [1.807, 2.05) is 0 Å². The molecule has 0 aromatic carbocycles. The lowest BCUT2D eigenvalue weighted by Crippen LogP contribution is -2.43. The lowest BCUT2D eigenvalue weighted by atomic mass is 10.3. The first-order valence-corrected chi connectivity index (χ1v) is 21.6. The molecular weight excluding hydrogens is 842 g/mol. The zero-order valence-electron chi connectivity index (χ0n) is 37.2. The minimum atomic E-state index is -0.140. The predicted octanol–water partition coefficient (Wildman–Crippen LogP) is -2.70. The summed E-state index contributed by atoms with van der Waals surface area (Å²) < 4.78 is 64.8. The van der Waals surface area contributed by atoms with Gasteiger partial charge in [-0.1, -0.05) is 0 Å². The van der Waals surface area contributed by atoms with E-state index in [0.29, 0.717) is 198 Å². The minimum Gasteiger partial charge on any atom is -0.379 e. The Labute approximate surface area is 375 Å². The van der Waals surface area contributed by atoms with Crippen molar-refractivity contribution in [1.82, 2.24) is 20.9 Å². The van der Waals surface area contributed by atoms with E-state index < -0.39 is 0 Å². The summed E-state index contributed by atoms with van der Waals surface area (Å²) >= 11 is 0. The number of nitrogens with one attached hydrogen (secondary N) is 3. The van der Waals surface area contributed by atoms with Crippen molar-refractivity contribution in [3.63, 3.8) is 0 Å². The normalized spacial score (nSPS) is 11.2. The average molecular weight is 925 g/mol. The Morgan fingerprint density at radius 3 is 0.677 bits per heavy atom. The molecule has 0 unspecified atom stereocenters. The maximum Gasteiger partial charge on any atom is 0.222 e. The van der Waals surface area contributed by atoms with Crippen LogP contribution in [0.1, 0.15) is 19.3 Å². The van der Waals surface area contributed by atoms with Crippen molar-refractivity contribution in [3.05, 3.63) is 0 Å². The number of carbonyl (C=O) groups is 3. The fourth-order valence-corrected chi connectivity index (χ4v) is 4.69. The Morgan fingerprint density at radius 1 is 0.306 bits per heavy atom. The van der Waals surface area contributed by atoms with E-state index >= 15 is 0 Å². The van der Waals surface area contributed by atoms with Crippen LogP contribution in [0.5, 0.6) is 0 Å². The van der Waals surface area contributed by atoms with Gasteiger partial charge in [0.2, 0.25) is 17.7 Å². The van der Waals surface area contributed by atoms with E-state index in [0.717, 1.165) is 0 Å². The number of carbonyl (C=O) groups excluding carboxylic acids is 3. The van der Waals surface area contributed by atoms with Crippen LogP contribution in [0, 0.1) is 0 Å². The molecule has 0 aliphatic carbocycles. The van der Waals surface area contributed by atoms with Crippen molar-refractivity contribution in [2.24, 2.45) is 17.2 Å². The summed E-state index contributed by atoms with van der Waals surface area (Å²) in [6, 6.07) is 0. The van der Waals surface area contributed by atoms with Crippen LogP contribution in [0.25, 0.3) is 0 Å². The van der Waals surface area contributed by atoms with E-state index in [4.69, 9.17) is 74.0 Å². The van der Waals surface area contributed by atoms with Gasteiger partial charge in [0.25, 0.3) is 0 Å². The van der Waals surface area contributed by atoms with Gasteiger partial charge in [-0.05, 0) is 0 Å². The summed E-state index contributed by atoms with van der Waals surface area (Å²) in [6.07, 6.45) is 0.628. The van der Waals surface area contributed by atoms with Crippen molar-refractivity contribution in [2.45, 2.75) is 19.3 Å². The Bertz CT molecular complexity index is 847. The van der Waals surface area contributed by atoms with E-state index in [1.54, 1.807) is 0 Å². The molecule has 0 aromatic rings. The monoisotopic (exact) mass is 924 g/mol. The molecule has 0 fully saturated rings. The van der Waals surface area contributed by atoms with Crippen molar-refractivity contribution < 1.29 is 71.2 Å². The first-order chi connectivity index (χ1) is 30.0. The zero-order valence-corrected chi connectivity index (χ0v) is 38.0. The van der Waals surface area contributed by atoms with Crippen LogP contribution in [0.15, 0.2) is 0 Å². The van der Waals surface area contributed by atoms with Crippen molar-refractivity contribution in [2.75, 3.05) is 217 Å². The number of rotatable bonds is 51. The van der Waals surface area contributed by atoms with Crippen molar-refractivity contribution in [3.8, 4) is 0 Å². The Kier molecular flexibility index (Phi) is 53.5. The molecule has 0 aromatic heterocycles. The van der Waals surface area contributed by atoms with E-state index in [9.17, 15) is 14.4 Å². The average Bonchev–Trinajstić information content (AvgIpc) is 3.25. The Balaban J connectivity index is 0. The molecule has 0 atom stereocenters. The van der Waals surface area contributed by atoms with Gasteiger partial charge in [-0.2, -0.15) is 0 Å². The fourth-order valence-electron chi connectivity index (χ4n) is 4.69. The van der Waals surface area contributed by atoms with Gasteiger partial charge in [-0.15, -0.1) is 12.4 Å². The van der Waals surface area contributed by atoms with Gasteiger partial charge in [0, 0.05) is 78.2 Å². The van der Waals surface area contributed by atoms with Crippen LogP contribution < -0.4 is 33.2 Å². The lowest BCUT2D eigenvalue weighted by Gasteiger charge is -2.23. The van der Waals surface area contributed by atoms with Crippen LogP contribution in [-0.2, 0) is 71.2 Å². The second-order valence-electron chi connectivity index (χ2n) is 12.9. The van der Waals surface area contributed by atoms with E-state index in [-0.39, 0.29) is 69.2 Å². The van der Waals surface area contributed by atoms with E-state index in [2.05, 4.69) is 20.9 Å². The topological polar surface area (TPSA) is 279 Å². The molecule has 0 aliphatic rings. The first kappa shape index (κ1) is 62.1. The molecule has 0 radical (unpaired) electrons. The molecule has 23 heteroatoms. The summed E-state index contributed by atoms with van der Waals surface area (Å²) in [4.78, 5) is 39.3. The molecule has 22 nitrogen and oxygen atoms in total. The third-order valence-corrected chi connectivity index (χ3v) is 7.81. The third kappa shape index (κ3) is 50.7. The molecule has 0 rings (SSSR count). The van der Waals surface area contributed by atoms with Gasteiger partial charge < -0.3 is 90.0 Å². The van der Waals surface area contributed by atoms with Crippen LogP contribution in [0.2, 0.25) is 0 Å². The highest BCUT2D eigenvalue weighted by atomic mass is 35.5. The highest BCUT2D eigenvalue weighted by Crippen LogP contribution is 1.92. The van der Waals surface area contributed by atoms with Crippen molar-refractivity contribution in [1.29, 1.82) is 0 Å². The standard InChI is InChI=1S/C39H81N7O15.ClH/c40-4-16-53-22-28-59-34-31-56-25-19-50-13-1-37(47)43-7-10-46(11-8-44-38(48)2-14-51-20-26-57-32-35-60-29-23-54-17-5-41)12-9-45-39(49)3-15-52-21-27-58-33-36-61-30-24-55-18-6-42;/h1-36,40-42H2,(H,43,47)(H,44,48)(H,45,49);1H. The summed E-state index contributed by atoms with van der Waals surface area (Å²) in [5.74, 6) is -0.421. The van der Waals surface area contributed by atoms with Gasteiger partial charge in [0.05, 0.1) is 159 Å². The smallest absolute Gasteiger partial charge is 0.222 e. The van der Waals surface area contributed by atoms with Crippen LogP contribution in [0.3, 0.4) is 0 Å².